The summed E-state index contributed by atoms with van der Waals surface area (Å²) < 4.78 is 24.2. The van der Waals surface area contributed by atoms with Gasteiger partial charge in [0.25, 0.3) is 0 Å². The number of hydrogen-bond donors (Lipinski definition) is 1. The second kappa shape index (κ2) is 8.46. The molecule has 0 radical (unpaired) electrons. The largest absolute Gasteiger partial charge is 0.357 e. The lowest BCUT2D eigenvalue weighted by molar-refractivity contribution is 0.214. The molecule has 1 N–H and O–H groups in total. The molecule has 1 atom stereocenters. The number of nitrogens with zero attached hydrogens (tertiary/aromatic N) is 1. The predicted octanol–water partition coefficient (Wildman–Crippen LogP) is 5.11. The minimum absolute atomic E-state index is 0.283. The zero-order valence-electron chi connectivity index (χ0n) is 13.1. The molecule has 1 aromatic heterocycles. The molecule has 0 aliphatic heterocycles. The number of benzene rings is 1. The fourth-order valence-corrected chi connectivity index (χ4v) is 4.17. The Labute approximate surface area is 141 Å². The van der Waals surface area contributed by atoms with Crippen LogP contribution in [-0.2, 0) is 13.6 Å². The van der Waals surface area contributed by atoms with E-state index in [4.69, 9.17) is 20.6 Å². The minimum Gasteiger partial charge on any atom is -0.353 e. The van der Waals surface area contributed by atoms with Gasteiger partial charge in [0.2, 0.25) is 0 Å². The molecular formula is C16H20ClN2O3P. The number of nitrogens with one attached hydrogen (secondary N) is 1. The first-order valence-corrected chi connectivity index (χ1v) is 9.40. The summed E-state index contributed by atoms with van der Waals surface area (Å²) in [6.07, 6.45) is 1.66. The van der Waals surface area contributed by atoms with Gasteiger partial charge in [0.1, 0.15) is 5.82 Å². The molecule has 1 unspecified atom stereocenters. The lowest BCUT2D eigenvalue weighted by Gasteiger charge is -2.27. The van der Waals surface area contributed by atoms with Crippen molar-refractivity contribution in [2.75, 3.05) is 18.5 Å². The highest BCUT2D eigenvalue weighted by Gasteiger charge is 2.37. The molecule has 0 amide bonds. The highest BCUT2D eigenvalue weighted by Crippen LogP contribution is 2.60. The van der Waals surface area contributed by atoms with Gasteiger partial charge in [-0.3, -0.25) is 4.57 Å². The van der Waals surface area contributed by atoms with Gasteiger partial charge in [-0.05, 0) is 43.7 Å². The maximum Gasteiger partial charge on any atom is 0.357 e. The summed E-state index contributed by atoms with van der Waals surface area (Å²) in [6.45, 7) is 4.13. The molecule has 2 rings (SSSR count). The number of pyridine rings is 1. The Kier molecular flexibility index (Phi) is 6.60. The van der Waals surface area contributed by atoms with E-state index in [-0.39, 0.29) is 13.2 Å². The molecule has 0 fully saturated rings. The van der Waals surface area contributed by atoms with Crippen LogP contribution in [0, 0.1) is 0 Å². The number of rotatable bonds is 8. The van der Waals surface area contributed by atoms with Crippen LogP contribution >= 0.6 is 19.2 Å². The van der Waals surface area contributed by atoms with E-state index in [1.807, 2.05) is 12.1 Å². The lowest BCUT2D eigenvalue weighted by atomic mass is 10.2. The summed E-state index contributed by atoms with van der Waals surface area (Å²) >= 11 is 5.95. The molecule has 2 aromatic rings. The second-order valence-corrected chi connectivity index (χ2v) is 7.24. The molecule has 0 saturated heterocycles. The van der Waals surface area contributed by atoms with Crippen molar-refractivity contribution < 1.29 is 13.6 Å². The van der Waals surface area contributed by atoms with Crippen molar-refractivity contribution in [1.82, 2.24) is 4.98 Å². The maximum atomic E-state index is 13.2. The van der Waals surface area contributed by atoms with Crippen LogP contribution in [0.4, 0.5) is 5.82 Å². The zero-order valence-corrected chi connectivity index (χ0v) is 14.8. The Morgan fingerprint density at radius 1 is 1.13 bits per heavy atom. The summed E-state index contributed by atoms with van der Waals surface area (Å²) in [7, 11) is -3.43. The molecule has 0 spiro atoms. The first kappa shape index (κ1) is 18.0. The molecule has 0 bridgehead atoms. The van der Waals surface area contributed by atoms with Crippen molar-refractivity contribution >= 4 is 25.0 Å². The molecule has 0 aliphatic carbocycles. The van der Waals surface area contributed by atoms with Gasteiger partial charge < -0.3 is 14.4 Å². The Balaban J connectivity index is 2.40. The van der Waals surface area contributed by atoms with Crippen molar-refractivity contribution in [3.8, 4) is 0 Å². The summed E-state index contributed by atoms with van der Waals surface area (Å²) in [5.74, 6) is -0.0818. The van der Waals surface area contributed by atoms with E-state index in [2.05, 4.69) is 10.3 Å². The van der Waals surface area contributed by atoms with E-state index in [1.165, 1.54) is 0 Å². The van der Waals surface area contributed by atoms with Crippen molar-refractivity contribution in [3.63, 3.8) is 0 Å². The molecule has 0 aliphatic rings. The van der Waals surface area contributed by atoms with Gasteiger partial charge in [0.05, 0.1) is 13.2 Å². The lowest BCUT2D eigenvalue weighted by Crippen LogP contribution is -2.16. The Morgan fingerprint density at radius 3 is 2.30 bits per heavy atom. The Bertz CT molecular complexity index is 642. The van der Waals surface area contributed by atoms with Crippen molar-refractivity contribution in [1.29, 1.82) is 0 Å². The molecule has 7 heteroatoms. The fourth-order valence-electron chi connectivity index (χ4n) is 2.12. The zero-order chi connectivity index (χ0) is 16.7. The van der Waals surface area contributed by atoms with Crippen molar-refractivity contribution in [3.05, 3.63) is 59.2 Å². The van der Waals surface area contributed by atoms with Crippen molar-refractivity contribution in [2.45, 2.75) is 19.6 Å². The molecule has 5 nitrogen and oxygen atoms in total. The number of halogens is 1. The average molecular weight is 355 g/mol. The molecule has 124 valence electrons. The van der Waals surface area contributed by atoms with E-state index >= 15 is 0 Å². The van der Waals surface area contributed by atoms with Crippen LogP contribution in [0.5, 0.6) is 0 Å². The average Bonchev–Trinajstić information content (AvgIpc) is 2.55. The molecule has 0 saturated carbocycles. The normalized spacial score (nSPS) is 12.8. The third kappa shape index (κ3) is 4.79. The number of aromatic nitrogens is 1. The quantitative estimate of drug-likeness (QED) is 0.667. The fraction of sp³-hybridized carbons (Fsp3) is 0.312. The topological polar surface area (TPSA) is 60.5 Å². The third-order valence-corrected chi connectivity index (χ3v) is 5.62. The van der Waals surface area contributed by atoms with E-state index in [9.17, 15) is 4.57 Å². The molecule has 1 aromatic carbocycles. The summed E-state index contributed by atoms with van der Waals surface area (Å²) in [5, 5.41) is 3.76. The van der Waals surface area contributed by atoms with Crippen LogP contribution < -0.4 is 5.32 Å². The second-order valence-electron chi connectivity index (χ2n) is 4.69. The summed E-state index contributed by atoms with van der Waals surface area (Å²) in [6, 6.07) is 12.5. The number of hydrogen-bond acceptors (Lipinski definition) is 5. The van der Waals surface area contributed by atoms with Gasteiger partial charge in [0.15, 0.2) is 5.78 Å². The highest BCUT2D eigenvalue weighted by atomic mass is 35.5. The smallest absolute Gasteiger partial charge is 0.353 e. The van der Waals surface area contributed by atoms with Crippen LogP contribution in [-0.4, -0.2) is 18.2 Å². The van der Waals surface area contributed by atoms with Gasteiger partial charge in [-0.25, -0.2) is 4.98 Å². The Morgan fingerprint density at radius 2 is 1.78 bits per heavy atom. The van der Waals surface area contributed by atoms with E-state index in [0.29, 0.717) is 10.8 Å². The SMILES string of the molecule is CCOP(=O)(OCC)C(Nc1ccccn1)c1ccc(Cl)cc1. The van der Waals surface area contributed by atoms with Gasteiger partial charge in [-0.15, -0.1) is 0 Å². The minimum atomic E-state index is -3.43. The predicted molar refractivity (Wildman–Crippen MR) is 92.9 cm³/mol. The van der Waals surface area contributed by atoms with Gasteiger partial charge in [0, 0.05) is 11.2 Å². The van der Waals surface area contributed by atoms with Crippen LogP contribution in [0.2, 0.25) is 5.02 Å². The van der Waals surface area contributed by atoms with Gasteiger partial charge in [-0.1, -0.05) is 29.8 Å². The molecule has 23 heavy (non-hydrogen) atoms. The van der Waals surface area contributed by atoms with E-state index in [1.54, 1.807) is 50.4 Å². The van der Waals surface area contributed by atoms with Crippen LogP contribution in [0.15, 0.2) is 48.7 Å². The molecular weight excluding hydrogens is 335 g/mol. The first-order valence-electron chi connectivity index (χ1n) is 7.41. The summed E-state index contributed by atoms with van der Waals surface area (Å²) in [5.41, 5.74) is 0.755. The van der Waals surface area contributed by atoms with Crippen molar-refractivity contribution in [2.24, 2.45) is 0 Å². The van der Waals surface area contributed by atoms with Gasteiger partial charge >= 0.3 is 7.60 Å². The standard InChI is InChI=1S/C16H20ClN2O3P/c1-3-21-23(20,22-4-2)16(13-8-10-14(17)11-9-13)19-15-7-5-6-12-18-15/h5-12,16H,3-4H2,1-2H3,(H,18,19). The van der Waals surface area contributed by atoms with E-state index < -0.39 is 13.4 Å². The molecule has 1 heterocycles. The Hall–Kier alpha value is -1.39. The maximum absolute atomic E-state index is 13.2. The van der Waals surface area contributed by atoms with Gasteiger partial charge in [-0.2, -0.15) is 0 Å². The van der Waals surface area contributed by atoms with Crippen LogP contribution in [0.25, 0.3) is 0 Å². The highest BCUT2D eigenvalue weighted by molar-refractivity contribution is 7.54. The summed E-state index contributed by atoms with van der Waals surface area (Å²) in [4.78, 5) is 4.23. The van der Waals surface area contributed by atoms with Crippen LogP contribution in [0.3, 0.4) is 0 Å². The first-order chi connectivity index (χ1) is 11.1. The monoisotopic (exact) mass is 354 g/mol. The van der Waals surface area contributed by atoms with E-state index in [0.717, 1.165) is 5.56 Å². The van der Waals surface area contributed by atoms with Crippen LogP contribution in [0.1, 0.15) is 25.2 Å². The number of anilines is 1. The third-order valence-electron chi connectivity index (χ3n) is 3.07.